The number of carbonyl (C=O) groups is 1. The van der Waals surface area contributed by atoms with Crippen molar-refractivity contribution in [1.82, 2.24) is 0 Å². The summed E-state index contributed by atoms with van der Waals surface area (Å²) in [6, 6.07) is 0. The van der Waals surface area contributed by atoms with Gasteiger partial charge in [0.25, 0.3) is 0 Å². The van der Waals surface area contributed by atoms with E-state index in [2.05, 4.69) is 6.92 Å². The molecule has 102 valence electrons. The van der Waals surface area contributed by atoms with Crippen LogP contribution < -0.4 is 0 Å². The van der Waals surface area contributed by atoms with Crippen molar-refractivity contribution in [3.63, 3.8) is 0 Å². The third-order valence-electron chi connectivity index (χ3n) is 5.15. The summed E-state index contributed by atoms with van der Waals surface area (Å²) in [5.41, 5.74) is 2.15. The number of carboxylic acid groups (broad SMARTS) is 1. The number of hydrogen-bond acceptors (Lipinski definition) is 2. The molecule has 0 heterocycles. The van der Waals surface area contributed by atoms with Gasteiger partial charge < -0.3 is 10.2 Å². The second-order valence-corrected chi connectivity index (χ2v) is 6.38. The first-order chi connectivity index (χ1) is 8.33. The standard InChI is InChI=1S/C15H24O3/c1-9-4-5-11(10(2)14(16)17)8-13-12(9)6-7-15(13,3)18/h10-11,13,18H,4-8H2,1-3H3,(H,16,17)/t10-,11?,13+,15+/m0/s1. The van der Waals surface area contributed by atoms with Gasteiger partial charge in [-0.1, -0.05) is 18.1 Å². The summed E-state index contributed by atoms with van der Waals surface area (Å²) in [6.45, 7) is 5.86. The summed E-state index contributed by atoms with van der Waals surface area (Å²) in [4.78, 5) is 11.2. The summed E-state index contributed by atoms with van der Waals surface area (Å²) in [7, 11) is 0. The normalized spacial score (nSPS) is 38.2. The summed E-state index contributed by atoms with van der Waals surface area (Å²) >= 11 is 0. The van der Waals surface area contributed by atoms with Gasteiger partial charge >= 0.3 is 5.97 Å². The number of aliphatic carboxylic acids is 1. The molecule has 0 aromatic rings. The van der Waals surface area contributed by atoms with Crippen molar-refractivity contribution in [1.29, 1.82) is 0 Å². The van der Waals surface area contributed by atoms with Crippen molar-refractivity contribution in [2.24, 2.45) is 17.8 Å². The lowest BCUT2D eigenvalue weighted by molar-refractivity contribution is -0.143. The second-order valence-electron chi connectivity index (χ2n) is 6.38. The van der Waals surface area contributed by atoms with Gasteiger partial charge in [0.15, 0.2) is 0 Å². The van der Waals surface area contributed by atoms with Gasteiger partial charge in [0.2, 0.25) is 0 Å². The maximum atomic E-state index is 11.2. The highest BCUT2D eigenvalue weighted by atomic mass is 16.4. The molecule has 0 aromatic carbocycles. The van der Waals surface area contributed by atoms with E-state index in [0.717, 1.165) is 32.1 Å². The van der Waals surface area contributed by atoms with Crippen molar-refractivity contribution in [2.75, 3.05) is 0 Å². The molecule has 1 fully saturated rings. The van der Waals surface area contributed by atoms with Crippen LogP contribution in [0.25, 0.3) is 0 Å². The maximum absolute atomic E-state index is 11.2. The predicted molar refractivity (Wildman–Crippen MR) is 70.2 cm³/mol. The Morgan fingerprint density at radius 2 is 2.11 bits per heavy atom. The minimum atomic E-state index is -0.709. The van der Waals surface area contributed by atoms with Crippen molar-refractivity contribution in [3.8, 4) is 0 Å². The Morgan fingerprint density at radius 3 is 2.72 bits per heavy atom. The van der Waals surface area contributed by atoms with Crippen LogP contribution in [0.1, 0.15) is 52.9 Å². The van der Waals surface area contributed by atoms with Crippen molar-refractivity contribution >= 4 is 5.97 Å². The van der Waals surface area contributed by atoms with Gasteiger partial charge in [0.1, 0.15) is 0 Å². The summed E-state index contributed by atoms with van der Waals surface area (Å²) in [5.74, 6) is -0.663. The molecule has 0 radical (unpaired) electrons. The number of fused-ring (bicyclic) bond motifs is 1. The Morgan fingerprint density at radius 1 is 1.44 bits per heavy atom. The topological polar surface area (TPSA) is 57.5 Å². The number of allylic oxidation sites excluding steroid dienone is 1. The van der Waals surface area contributed by atoms with E-state index in [1.165, 1.54) is 11.1 Å². The molecule has 0 amide bonds. The minimum Gasteiger partial charge on any atom is -0.481 e. The quantitative estimate of drug-likeness (QED) is 0.743. The van der Waals surface area contributed by atoms with E-state index >= 15 is 0 Å². The zero-order valence-corrected chi connectivity index (χ0v) is 11.6. The first kappa shape index (κ1) is 13.6. The Bertz CT molecular complexity index is 381. The molecule has 2 N–H and O–H groups in total. The molecule has 2 rings (SSSR count). The van der Waals surface area contributed by atoms with Crippen LogP contribution >= 0.6 is 0 Å². The summed E-state index contributed by atoms with van der Waals surface area (Å²) < 4.78 is 0. The predicted octanol–water partition coefficient (Wildman–Crippen LogP) is 2.98. The summed E-state index contributed by atoms with van der Waals surface area (Å²) in [5, 5.41) is 19.7. The van der Waals surface area contributed by atoms with E-state index in [-0.39, 0.29) is 17.8 Å². The lowest BCUT2D eigenvalue weighted by Gasteiger charge is -2.30. The number of rotatable bonds is 2. The third kappa shape index (κ3) is 2.33. The van der Waals surface area contributed by atoms with Gasteiger partial charge in [-0.25, -0.2) is 0 Å². The second kappa shape index (κ2) is 4.69. The number of carboxylic acids is 1. The molecule has 2 aliphatic carbocycles. The van der Waals surface area contributed by atoms with E-state index in [9.17, 15) is 15.0 Å². The minimum absolute atomic E-state index is 0.173. The fourth-order valence-corrected chi connectivity index (χ4v) is 3.66. The van der Waals surface area contributed by atoms with Crippen molar-refractivity contribution in [2.45, 2.75) is 58.5 Å². The number of hydrogen-bond donors (Lipinski definition) is 2. The molecule has 1 unspecified atom stereocenters. The molecule has 2 aliphatic rings. The molecule has 0 spiro atoms. The average molecular weight is 252 g/mol. The molecule has 18 heavy (non-hydrogen) atoms. The van der Waals surface area contributed by atoms with E-state index < -0.39 is 11.6 Å². The third-order valence-corrected chi connectivity index (χ3v) is 5.15. The monoisotopic (exact) mass is 252 g/mol. The lowest BCUT2D eigenvalue weighted by Crippen LogP contribution is -2.33. The smallest absolute Gasteiger partial charge is 0.306 e. The molecule has 0 saturated heterocycles. The fourth-order valence-electron chi connectivity index (χ4n) is 3.66. The van der Waals surface area contributed by atoms with E-state index in [4.69, 9.17) is 0 Å². The van der Waals surface area contributed by atoms with Gasteiger partial charge in [-0.15, -0.1) is 0 Å². The molecule has 3 heteroatoms. The first-order valence-electron chi connectivity index (χ1n) is 6.96. The highest BCUT2D eigenvalue weighted by Gasteiger charge is 2.44. The zero-order valence-electron chi connectivity index (χ0n) is 11.6. The fraction of sp³-hybridized carbons (Fsp3) is 0.800. The van der Waals surface area contributed by atoms with Gasteiger partial charge in [-0.2, -0.15) is 0 Å². The van der Waals surface area contributed by atoms with Gasteiger partial charge in [0, 0.05) is 5.92 Å². The van der Waals surface area contributed by atoms with Crippen LogP contribution in [-0.2, 0) is 4.79 Å². The van der Waals surface area contributed by atoms with E-state index in [1.807, 2.05) is 6.92 Å². The van der Waals surface area contributed by atoms with Crippen molar-refractivity contribution < 1.29 is 15.0 Å². The zero-order chi connectivity index (χ0) is 13.5. The first-order valence-corrected chi connectivity index (χ1v) is 6.96. The molecule has 0 aliphatic heterocycles. The van der Waals surface area contributed by atoms with Crippen LogP contribution in [0.15, 0.2) is 11.1 Å². The lowest BCUT2D eigenvalue weighted by atomic mass is 9.78. The molecule has 4 atom stereocenters. The Kier molecular flexibility index (Phi) is 3.54. The maximum Gasteiger partial charge on any atom is 0.306 e. The Labute approximate surface area is 109 Å². The molecular weight excluding hydrogens is 228 g/mol. The Balaban J connectivity index is 2.24. The molecule has 1 saturated carbocycles. The Hall–Kier alpha value is -0.830. The van der Waals surface area contributed by atoms with Crippen LogP contribution in [0.5, 0.6) is 0 Å². The van der Waals surface area contributed by atoms with Crippen LogP contribution in [0.2, 0.25) is 0 Å². The molecule has 0 bridgehead atoms. The van der Waals surface area contributed by atoms with Crippen molar-refractivity contribution in [3.05, 3.63) is 11.1 Å². The SMILES string of the molecule is CC1=C2CC[C@@](C)(O)[C@@H]2CC([C@H](C)C(=O)O)CC1. The summed E-state index contributed by atoms with van der Waals surface area (Å²) in [6.07, 6.45) is 4.56. The largest absolute Gasteiger partial charge is 0.481 e. The van der Waals surface area contributed by atoms with Crippen LogP contribution in [0.4, 0.5) is 0 Å². The molecule has 0 aromatic heterocycles. The van der Waals surface area contributed by atoms with Crippen LogP contribution in [-0.4, -0.2) is 21.8 Å². The van der Waals surface area contributed by atoms with Gasteiger partial charge in [-0.05, 0) is 51.9 Å². The molecular formula is C15H24O3. The van der Waals surface area contributed by atoms with Crippen LogP contribution in [0, 0.1) is 17.8 Å². The average Bonchev–Trinajstić information content (AvgIpc) is 2.48. The number of aliphatic hydroxyl groups is 1. The highest BCUT2D eigenvalue weighted by molar-refractivity contribution is 5.69. The van der Waals surface area contributed by atoms with Gasteiger partial charge in [-0.3, -0.25) is 4.79 Å². The molecule has 3 nitrogen and oxygen atoms in total. The van der Waals surface area contributed by atoms with Crippen LogP contribution in [0.3, 0.4) is 0 Å². The van der Waals surface area contributed by atoms with E-state index in [0.29, 0.717) is 0 Å². The van der Waals surface area contributed by atoms with E-state index in [1.54, 1.807) is 6.92 Å². The highest BCUT2D eigenvalue weighted by Crippen LogP contribution is 2.48. The van der Waals surface area contributed by atoms with Gasteiger partial charge in [0.05, 0.1) is 11.5 Å².